The number of nitrogens with zero attached hydrogens (tertiary/aromatic N) is 1. The van der Waals surface area contributed by atoms with Crippen LogP contribution in [-0.4, -0.2) is 47.0 Å². The van der Waals surface area contributed by atoms with Gasteiger partial charge in [0.2, 0.25) is 5.91 Å². The molecule has 3 N–H and O–H groups in total. The molecule has 0 aromatic carbocycles. The van der Waals surface area contributed by atoms with Crippen molar-refractivity contribution in [2.75, 3.05) is 18.8 Å². The van der Waals surface area contributed by atoms with E-state index in [1.165, 1.54) is 18.2 Å². The molecule has 0 aliphatic carbocycles. The molecule has 2 amide bonds. The van der Waals surface area contributed by atoms with E-state index in [1.807, 2.05) is 4.90 Å². The van der Waals surface area contributed by atoms with E-state index < -0.39 is 0 Å². The van der Waals surface area contributed by atoms with Gasteiger partial charge in [0.1, 0.15) is 6.04 Å². The van der Waals surface area contributed by atoms with Crippen LogP contribution in [0.15, 0.2) is 0 Å². The topological polar surface area (TPSA) is 75.4 Å². The quantitative estimate of drug-likeness (QED) is 0.774. The summed E-state index contributed by atoms with van der Waals surface area (Å²) in [5, 5.41) is 2.63. The van der Waals surface area contributed by atoms with Gasteiger partial charge in [-0.25, -0.2) is 0 Å². The number of carbonyl (C=O) groups is 2. The minimum absolute atomic E-state index is 0.0708. The zero-order valence-electron chi connectivity index (χ0n) is 9.85. The maximum atomic E-state index is 12.3. The Morgan fingerprint density at radius 2 is 2.35 bits per heavy atom. The van der Waals surface area contributed by atoms with Crippen LogP contribution in [0.4, 0.5) is 4.79 Å². The molecule has 2 fully saturated rings. The van der Waals surface area contributed by atoms with Crippen LogP contribution in [0.3, 0.4) is 0 Å². The van der Waals surface area contributed by atoms with Crippen molar-refractivity contribution in [2.45, 2.75) is 37.8 Å². The van der Waals surface area contributed by atoms with E-state index in [4.69, 9.17) is 5.73 Å². The molecule has 0 bridgehead atoms. The van der Waals surface area contributed by atoms with E-state index in [1.54, 1.807) is 0 Å². The minimum atomic E-state index is -0.328. The first kappa shape index (κ1) is 12.7. The van der Waals surface area contributed by atoms with Gasteiger partial charge >= 0.3 is 0 Å². The highest BCUT2D eigenvalue weighted by atomic mass is 32.2. The highest BCUT2D eigenvalue weighted by Crippen LogP contribution is 2.22. The summed E-state index contributed by atoms with van der Waals surface area (Å²) < 4.78 is 0. The summed E-state index contributed by atoms with van der Waals surface area (Å²) in [6, 6.07) is -0.0605. The van der Waals surface area contributed by atoms with Crippen LogP contribution in [0.5, 0.6) is 0 Å². The lowest BCUT2D eigenvalue weighted by Gasteiger charge is -2.37. The molecule has 2 aliphatic rings. The van der Waals surface area contributed by atoms with Gasteiger partial charge in [0.15, 0.2) is 0 Å². The van der Waals surface area contributed by atoms with Crippen molar-refractivity contribution >= 4 is 22.9 Å². The van der Waals surface area contributed by atoms with E-state index >= 15 is 0 Å². The van der Waals surface area contributed by atoms with Gasteiger partial charge in [-0.15, -0.1) is 0 Å². The molecule has 5 nitrogen and oxygen atoms in total. The van der Waals surface area contributed by atoms with Gasteiger partial charge in [-0.05, 0) is 32.2 Å². The summed E-state index contributed by atoms with van der Waals surface area (Å²) in [5.41, 5.74) is 5.59. The first-order valence-electron chi connectivity index (χ1n) is 6.16. The van der Waals surface area contributed by atoms with Crippen molar-refractivity contribution in [3.05, 3.63) is 0 Å². The molecule has 2 aliphatic heterocycles. The minimum Gasteiger partial charge on any atom is -0.338 e. The van der Waals surface area contributed by atoms with Gasteiger partial charge in [-0.1, -0.05) is 11.8 Å². The Morgan fingerprint density at radius 1 is 1.53 bits per heavy atom. The maximum absolute atomic E-state index is 12.3. The third kappa shape index (κ3) is 2.93. The number of rotatable bonds is 3. The van der Waals surface area contributed by atoms with E-state index in [2.05, 4.69) is 5.32 Å². The van der Waals surface area contributed by atoms with Crippen LogP contribution in [-0.2, 0) is 4.79 Å². The van der Waals surface area contributed by atoms with Crippen LogP contribution >= 0.6 is 11.8 Å². The number of amides is 2. The molecular weight excluding hydrogens is 238 g/mol. The monoisotopic (exact) mass is 257 g/mol. The lowest BCUT2D eigenvalue weighted by molar-refractivity contribution is -0.136. The summed E-state index contributed by atoms with van der Waals surface area (Å²) in [6.07, 6.45) is 4.12. The first-order chi connectivity index (χ1) is 8.22. The fourth-order valence-electron chi connectivity index (χ4n) is 2.50. The second-order valence-corrected chi connectivity index (χ2v) is 5.55. The second kappa shape index (κ2) is 5.73. The average Bonchev–Trinajstić information content (AvgIpc) is 2.76. The van der Waals surface area contributed by atoms with Crippen molar-refractivity contribution in [1.29, 1.82) is 0 Å². The van der Waals surface area contributed by atoms with Gasteiger partial charge < -0.3 is 16.0 Å². The van der Waals surface area contributed by atoms with Crippen molar-refractivity contribution < 1.29 is 9.59 Å². The molecule has 2 rings (SSSR count). The van der Waals surface area contributed by atoms with Gasteiger partial charge in [0, 0.05) is 18.3 Å². The Kier molecular flexibility index (Phi) is 4.28. The lowest BCUT2D eigenvalue weighted by Crippen LogP contribution is -2.52. The highest BCUT2D eigenvalue weighted by molar-refractivity contribution is 8.14. The molecule has 6 heteroatoms. The number of hydrogen-bond acceptors (Lipinski definition) is 4. The molecule has 0 aromatic rings. The summed E-state index contributed by atoms with van der Waals surface area (Å²) in [6.45, 7) is 1.42. The Balaban J connectivity index is 1.98. The molecule has 2 unspecified atom stereocenters. The van der Waals surface area contributed by atoms with Crippen LogP contribution in [0.1, 0.15) is 25.7 Å². The Bertz CT molecular complexity index is 309. The molecule has 0 aromatic heterocycles. The standard InChI is InChI=1S/C11H19N3O2S/c12-5-4-8-3-1-2-6-14(8)10(15)9-7-17-11(16)13-9/h8-9H,1-7,12H2,(H,13,16). The number of nitrogens with two attached hydrogens (primary N) is 1. The fourth-order valence-corrected chi connectivity index (χ4v) is 3.27. The maximum Gasteiger partial charge on any atom is 0.279 e. The smallest absolute Gasteiger partial charge is 0.279 e. The van der Waals surface area contributed by atoms with Crippen molar-refractivity contribution in [3.8, 4) is 0 Å². The van der Waals surface area contributed by atoms with Crippen molar-refractivity contribution in [1.82, 2.24) is 10.2 Å². The molecular formula is C11H19N3O2S. The number of piperidine rings is 1. The summed E-state index contributed by atoms with van der Waals surface area (Å²) in [5.74, 6) is 0.630. The molecule has 0 spiro atoms. The normalized spacial score (nSPS) is 29.2. The van der Waals surface area contributed by atoms with Gasteiger partial charge in [0.05, 0.1) is 0 Å². The molecule has 96 valence electrons. The zero-order valence-corrected chi connectivity index (χ0v) is 10.7. The Hall–Kier alpha value is -0.750. The van der Waals surface area contributed by atoms with Gasteiger partial charge in [-0.2, -0.15) is 0 Å². The number of nitrogens with one attached hydrogen (secondary N) is 1. The predicted molar refractivity (Wildman–Crippen MR) is 67.8 cm³/mol. The summed E-state index contributed by atoms with van der Waals surface area (Å²) in [4.78, 5) is 25.3. The van der Waals surface area contributed by atoms with Crippen LogP contribution in [0.2, 0.25) is 0 Å². The molecule has 0 radical (unpaired) electrons. The Labute approximate surface area is 105 Å². The number of likely N-dealkylation sites (tertiary alicyclic amines) is 1. The number of thioether (sulfide) groups is 1. The van der Waals surface area contributed by atoms with E-state index in [0.29, 0.717) is 12.3 Å². The molecule has 0 saturated carbocycles. The van der Waals surface area contributed by atoms with E-state index in [9.17, 15) is 9.59 Å². The van der Waals surface area contributed by atoms with E-state index in [0.717, 1.165) is 25.8 Å². The SMILES string of the molecule is NCCC1CCCCN1C(=O)C1CSC(=O)N1. The Morgan fingerprint density at radius 3 is 3.00 bits per heavy atom. The van der Waals surface area contributed by atoms with Crippen molar-refractivity contribution in [2.24, 2.45) is 5.73 Å². The largest absolute Gasteiger partial charge is 0.338 e. The lowest BCUT2D eigenvalue weighted by atomic mass is 9.98. The molecule has 2 heterocycles. The van der Waals surface area contributed by atoms with Crippen LogP contribution in [0, 0.1) is 0 Å². The van der Waals surface area contributed by atoms with Gasteiger partial charge in [0.25, 0.3) is 5.24 Å². The average molecular weight is 257 g/mol. The molecule has 2 saturated heterocycles. The van der Waals surface area contributed by atoms with Gasteiger partial charge in [-0.3, -0.25) is 9.59 Å². The third-order valence-electron chi connectivity index (χ3n) is 3.38. The number of hydrogen-bond donors (Lipinski definition) is 2. The zero-order chi connectivity index (χ0) is 12.3. The van der Waals surface area contributed by atoms with Crippen LogP contribution in [0.25, 0.3) is 0 Å². The van der Waals surface area contributed by atoms with Crippen LogP contribution < -0.4 is 11.1 Å². The predicted octanol–water partition coefficient (Wildman–Crippen LogP) is 0.541. The third-order valence-corrected chi connectivity index (χ3v) is 4.26. The highest BCUT2D eigenvalue weighted by Gasteiger charge is 2.35. The second-order valence-electron chi connectivity index (χ2n) is 4.55. The first-order valence-corrected chi connectivity index (χ1v) is 7.15. The molecule has 17 heavy (non-hydrogen) atoms. The fraction of sp³-hybridized carbons (Fsp3) is 0.818. The summed E-state index contributed by atoms with van der Waals surface area (Å²) in [7, 11) is 0. The van der Waals surface area contributed by atoms with Crippen molar-refractivity contribution in [3.63, 3.8) is 0 Å². The summed E-state index contributed by atoms with van der Waals surface area (Å²) >= 11 is 1.19. The van der Waals surface area contributed by atoms with E-state index in [-0.39, 0.29) is 23.2 Å². The molecule has 2 atom stereocenters. The number of carbonyl (C=O) groups excluding carboxylic acids is 2.